The molecule has 0 saturated carbocycles. The molecular formula is C23H33N5O. The van der Waals surface area contributed by atoms with Crippen molar-refractivity contribution in [1.82, 2.24) is 14.9 Å². The van der Waals surface area contributed by atoms with Gasteiger partial charge in [0.25, 0.3) is 0 Å². The van der Waals surface area contributed by atoms with Gasteiger partial charge in [-0.05, 0) is 30.9 Å². The minimum atomic E-state index is 0.406. The topological polar surface area (TPSA) is 53.5 Å². The molecule has 0 amide bonds. The molecule has 3 heterocycles. The Bertz CT molecular complexity index is 733. The van der Waals surface area contributed by atoms with Crippen molar-refractivity contribution in [3.05, 3.63) is 48.2 Å². The first kappa shape index (κ1) is 20.1. The summed E-state index contributed by atoms with van der Waals surface area (Å²) in [5.74, 6) is 1.83. The molecular weight excluding hydrogens is 362 g/mol. The van der Waals surface area contributed by atoms with Crippen molar-refractivity contribution in [2.24, 2.45) is 0 Å². The maximum absolute atomic E-state index is 5.84. The number of benzene rings is 1. The molecule has 2 aromatic rings. The number of nitrogens with one attached hydrogen (secondary N) is 1. The molecule has 1 aromatic heterocycles. The van der Waals surface area contributed by atoms with E-state index in [0.29, 0.717) is 12.6 Å². The number of ether oxygens (including phenoxy) is 1. The van der Waals surface area contributed by atoms with Crippen molar-refractivity contribution < 1.29 is 4.74 Å². The van der Waals surface area contributed by atoms with Crippen molar-refractivity contribution >= 4 is 11.8 Å². The number of hydrogen-bond acceptors (Lipinski definition) is 6. The average Bonchev–Trinajstić information content (AvgIpc) is 3.02. The van der Waals surface area contributed by atoms with E-state index in [2.05, 4.69) is 44.4 Å². The van der Waals surface area contributed by atoms with E-state index in [4.69, 9.17) is 9.72 Å². The zero-order chi connectivity index (χ0) is 19.7. The van der Waals surface area contributed by atoms with Crippen LogP contribution in [-0.4, -0.2) is 60.2 Å². The molecule has 1 atom stereocenters. The van der Waals surface area contributed by atoms with Crippen LogP contribution in [0.5, 0.6) is 0 Å². The first-order valence-electron chi connectivity index (χ1n) is 11.1. The molecule has 156 valence electrons. The lowest BCUT2D eigenvalue weighted by molar-refractivity contribution is 0.0990. The predicted molar refractivity (Wildman–Crippen MR) is 117 cm³/mol. The Kier molecular flexibility index (Phi) is 7.32. The van der Waals surface area contributed by atoms with E-state index in [1.54, 1.807) is 0 Å². The maximum Gasteiger partial charge on any atom is 0.224 e. The predicted octanol–water partition coefficient (Wildman–Crippen LogP) is 3.56. The van der Waals surface area contributed by atoms with Crippen LogP contribution in [0.1, 0.15) is 37.7 Å². The first-order valence-corrected chi connectivity index (χ1v) is 11.1. The molecule has 0 spiro atoms. The van der Waals surface area contributed by atoms with Crippen LogP contribution in [0.15, 0.2) is 42.6 Å². The van der Waals surface area contributed by atoms with Crippen molar-refractivity contribution in [3.8, 4) is 0 Å². The number of nitrogens with zero attached hydrogens (tertiary/aromatic N) is 4. The Morgan fingerprint density at radius 2 is 1.83 bits per heavy atom. The minimum absolute atomic E-state index is 0.406. The Morgan fingerprint density at radius 1 is 1.00 bits per heavy atom. The Balaban J connectivity index is 1.20. The third kappa shape index (κ3) is 6.15. The highest BCUT2D eigenvalue weighted by molar-refractivity contribution is 5.43. The first-order chi connectivity index (χ1) is 14.4. The van der Waals surface area contributed by atoms with Crippen LogP contribution in [0.4, 0.5) is 11.8 Å². The van der Waals surface area contributed by atoms with Crippen LogP contribution >= 0.6 is 0 Å². The van der Waals surface area contributed by atoms with Gasteiger partial charge in [-0.1, -0.05) is 43.2 Å². The smallest absolute Gasteiger partial charge is 0.224 e. The number of likely N-dealkylation sites (tertiary alicyclic amines) is 1. The maximum atomic E-state index is 5.84. The van der Waals surface area contributed by atoms with Gasteiger partial charge in [-0.25, -0.2) is 4.98 Å². The van der Waals surface area contributed by atoms with E-state index in [0.717, 1.165) is 57.5 Å². The molecule has 6 nitrogen and oxygen atoms in total. The summed E-state index contributed by atoms with van der Waals surface area (Å²) in [4.78, 5) is 14.1. The van der Waals surface area contributed by atoms with Gasteiger partial charge in [0, 0.05) is 45.0 Å². The van der Waals surface area contributed by atoms with E-state index in [1.807, 2.05) is 18.3 Å². The molecule has 1 unspecified atom stereocenters. The molecule has 2 fully saturated rings. The lowest BCUT2D eigenvalue weighted by Gasteiger charge is -2.22. The lowest BCUT2D eigenvalue weighted by atomic mass is 10.2. The SMILES string of the molecule is c1ccc(COCCN2CCC(Nc3nccc(N4CCCCCC4)n3)C2)cc1. The molecule has 29 heavy (non-hydrogen) atoms. The molecule has 2 aliphatic rings. The van der Waals surface area contributed by atoms with Gasteiger partial charge in [0.15, 0.2) is 0 Å². The van der Waals surface area contributed by atoms with Crippen molar-refractivity contribution in [2.45, 2.75) is 44.8 Å². The molecule has 2 saturated heterocycles. The van der Waals surface area contributed by atoms with Crippen LogP contribution < -0.4 is 10.2 Å². The average molecular weight is 396 g/mol. The summed E-state index contributed by atoms with van der Waals surface area (Å²) < 4.78 is 5.84. The summed E-state index contributed by atoms with van der Waals surface area (Å²) in [7, 11) is 0. The standard InChI is InChI=1S/C23H33N5O/c1-2-7-14-28(13-6-1)22-10-12-24-23(26-22)25-21-11-15-27(18-21)16-17-29-19-20-8-4-3-5-9-20/h3-5,8-10,12,21H,1-2,6-7,11,13-19H2,(H,24,25,26). The molecule has 1 N–H and O–H groups in total. The largest absolute Gasteiger partial charge is 0.375 e. The van der Waals surface area contributed by atoms with E-state index in [1.165, 1.54) is 31.2 Å². The fraction of sp³-hybridized carbons (Fsp3) is 0.565. The van der Waals surface area contributed by atoms with Gasteiger partial charge in [0.2, 0.25) is 5.95 Å². The highest BCUT2D eigenvalue weighted by Crippen LogP contribution is 2.19. The van der Waals surface area contributed by atoms with Crippen molar-refractivity contribution in [3.63, 3.8) is 0 Å². The fourth-order valence-corrected chi connectivity index (χ4v) is 4.19. The van der Waals surface area contributed by atoms with Gasteiger partial charge in [0.05, 0.1) is 13.2 Å². The van der Waals surface area contributed by atoms with Gasteiger partial charge < -0.3 is 15.0 Å². The van der Waals surface area contributed by atoms with Gasteiger partial charge in [-0.3, -0.25) is 4.90 Å². The van der Waals surface area contributed by atoms with Crippen LogP contribution in [-0.2, 0) is 11.3 Å². The highest BCUT2D eigenvalue weighted by Gasteiger charge is 2.23. The second kappa shape index (κ2) is 10.6. The second-order valence-corrected chi connectivity index (χ2v) is 8.11. The number of anilines is 2. The lowest BCUT2D eigenvalue weighted by Crippen LogP contribution is -2.30. The quantitative estimate of drug-likeness (QED) is 0.690. The van der Waals surface area contributed by atoms with Crippen LogP contribution in [0.25, 0.3) is 0 Å². The summed E-state index contributed by atoms with van der Waals surface area (Å²) >= 11 is 0. The van der Waals surface area contributed by atoms with Crippen LogP contribution in [0.2, 0.25) is 0 Å². The van der Waals surface area contributed by atoms with Gasteiger partial charge >= 0.3 is 0 Å². The zero-order valence-electron chi connectivity index (χ0n) is 17.3. The Hall–Kier alpha value is -2.18. The van der Waals surface area contributed by atoms with Gasteiger partial charge in [0.1, 0.15) is 5.82 Å². The zero-order valence-corrected chi connectivity index (χ0v) is 17.3. The van der Waals surface area contributed by atoms with Gasteiger partial charge in [-0.2, -0.15) is 4.98 Å². The van der Waals surface area contributed by atoms with Crippen molar-refractivity contribution in [1.29, 1.82) is 0 Å². The summed E-state index contributed by atoms with van der Waals surface area (Å²) in [6.45, 7) is 6.76. The number of aromatic nitrogens is 2. The summed E-state index contributed by atoms with van der Waals surface area (Å²) in [5.41, 5.74) is 1.23. The number of rotatable bonds is 8. The van der Waals surface area contributed by atoms with E-state index in [9.17, 15) is 0 Å². The Labute approximate surface area is 174 Å². The fourth-order valence-electron chi connectivity index (χ4n) is 4.19. The minimum Gasteiger partial charge on any atom is -0.375 e. The summed E-state index contributed by atoms with van der Waals surface area (Å²) in [5, 5.41) is 3.55. The van der Waals surface area contributed by atoms with Gasteiger partial charge in [-0.15, -0.1) is 0 Å². The van der Waals surface area contributed by atoms with Crippen LogP contribution in [0, 0.1) is 0 Å². The highest BCUT2D eigenvalue weighted by atomic mass is 16.5. The van der Waals surface area contributed by atoms with Crippen molar-refractivity contribution in [2.75, 3.05) is 49.5 Å². The Morgan fingerprint density at radius 3 is 2.66 bits per heavy atom. The third-order valence-electron chi connectivity index (χ3n) is 5.84. The van der Waals surface area contributed by atoms with E-state index >= 15 is 0 Å². The third-order valence-corrected chi connectivity index (χ3v) is 5.84. The number of hydrogen-bond donors (Lipinski definition) is 1. The van der Waals surface area contributed by atoms with E-state index in [-0.39, 0.29) is 0 Å². The van der Waals surface area contributed by atoms with Crippen LogP contribution in [0.3, 0.4) is 0 Å². The molecule has 4 rings (SSSR count). The summed E-state index contributed by atoms with van der Waals surface area (Å²) in [6, 6.07) is 12.8. The second-order valence-electron chi connectivity index (χ2n) is 8.11. The molecule has 0 bridgehead atoms. The van der Waals surface area contributed by atoms with E-state index < -0.39 is 0 Å². The molecule has 0 aliphatic carbocycles. The monoisotopic (exact) mass is 395 g/mol. The summed E-state index contributed by atoms with van der Waals surface area (Å²) in [6.07, 6.45) is 8.20. The normalized spacial score (nSPS) is 20.6. The molecule has 1 aromatic carbocycles. The molecule has 6 heteroatoms. The molecule has 2 aliphatic heterocycles. The molecule has 0 radical (unpaired) electrons.